The van der Waals surface area contributed by atoms with Crippen LogP contribution in [-0.4, -0.2) is 47.4 Å². The van der Waals surface area contributed by atoms with Gasteiger partial charge in [0, 0.05) is 25.2 Å². The molecule has 126 valence electrons. The minimum absolute atomic E-state index is 0.148. The Bertz CT molecular complexity index is 568. The van der Waals surface area contributed by atoms with E-state index in [0.29, 0.717) is 5.54 Å². The quantitative estimate of drug-likeness (QED) is 0.857. The van der Waals surface area contributed by atoms with E-state index >= 15 is 0 Å². The Hall–Kier alpha value is -1.29. The SMILES string of the molecule is Cc1occc1C(=O)N1CCC2(CCCN2CC2CCC2)CC1. The van der Waals surface area contributed by atoms with E-state index in [-0.39, 0.29) is 5.91 Å². The van der Waals surface area contributed by atoms with Gasteiger partial charge in [-0.25, -0.2) is 0 Å². The molecular weight excluding hydrogens is 288 g/mol. The molecule has 4 heteroatoms. The van der Waals surface area contributed by atoms with Gasteiger partial charge in [-0.1, -0.05) is 6.42 Å². The molecule has 4 rings (SSSR count). The van der Waals surface area contributed by atoms with Crippen LogP contribution >= 0.6 is 0 Å². The second kappa shape index (κ2) is 5.97. The van der Waals surface area contributed by atoms with E-state index in [1.54, 1.807) is 12.3 Å². The molecule has 23 heavy (non-hydrogen) atoms. The molecule has 1 aromatic rings. The number of likely N-dealkylation sites (tertiary alicyclic amines) is 2. The van der Waals surface area contributed by atoms with Crippen molar-refractivity contribution in [1.82, 2.24) is 9.80 Å². The maximum absolute atomic E-state index is 12.7. The van der Waals surface area contributed by atoms with Crippen molar-refractivity contribution < 1.29 is 9.21 Å². The van der Waals surface area contributed by atoms with Crippen LogP contribution in [0.25, 0.3) is 0 Å². The number of carbonyl (C=O) groups excluding carboxylic acids is 1. The fraction of sp³-hybridized carbons (Fsp3) is 0.737. The first kappa shape index (κ1) is 15.3. The Morgan fingerprint density at radius 1 is 1.22 bits per heavy atom. The van der Waals surface area contributed by atoms with E-state index in [9.17, 15) is 4.79 Å². The third kappa shape index (κ3) is 2.71. The van der Waals surface area contributed by atoms with Crippen molar-refractivity contribution in [3.05, 3.63) is 23.7 Å². The summed E-state index contributed by atoms with van der Waals surface area (Å²) in [5.74, 6) is 1.83. The molecule has 3 aliphatic rings. The average Bonchev–Trinajstić information content (AvgIpc) is 3.10. The van der Waals surface area contributed by atoms with Crippen molar-refractivity contribution >= 4 is 5.91 Å². The lowest BCUT2D eigenvalue weighted by atomic mass is 9.81. The number of aryl methyl sites for hydroxylation is 1. The molecule has 1 aromatic heterocycles. The number of carbonyl (C=O) groups is 1. The van der Waals surface area contributed by atoms with Gasteiger partial charge in [-0.05, 0) is 64.0 Å². The summed E-state index contributed by atoms with van der Waals surface area (Å²) in [5, 5.41) is 0. The first-order chi connectivity index (χ1) is 11.2. The van der Waals surface area contributed by atoms with E-state index < -0.39 is 0 Å². The van der Waals surface area contributed by atoms with Crippen molar-refractivity contribution in [3.63, 3.8) is 0 Å². The summed E-state index contributed by atoms with van der Waals surface area (Å²) in [6.45, 7) is 6.23. The molecule has 0 bridgehead atoms. The van der Waals surface area contributed by atoms with Crippen LogP contribution < -0.4 is 0 Å². The van der Waals surface area contributed by atoms with Gasteiger partial charge in [-0.15, -0.1) is 0 Å². The van der Waals surface area contributed by atoms with Crippen LogP contribution in [0.1, 0.15) is 61.1 Å². The zero-order valence-electron chi connectivity index (χ0n) is 14.2. The van der Waals surface area contributed by atoms with Crippen LogP contribution in [0.4, 0.5) is 0 Å². The second-order valence-electron chi connectivity index (χ2n) is 7.75. The summed E-state index contributed by atoms with van der Waals surface area (Å²) < 4.78 is 5.29. The van der Waals surface area contributed by atoms with Crippen LogP contribution in [-0.2, 0) is 0 Å². The van der Waals surface area contributed by atoms with E-state index in [2.05, 4.69) is 4.90 Å². The van der Waals surface area contributed by atoms with E-state index in [1.165, 1.54) is 45.2 Å². The maximum Gasteiger partial charge on any atom is 0.257 e. The largest absolute Gasteiger partial charge is 0.469 e. The lowest BCUT2D eigenvalue weighted by molar-refractivity contribution is 0.0290. The number of piperidine rings is 1. The van der Waals surface area contributed by atoms with Gasteiger partial charge >= 0.3 is 0 Å². The van der Waals surface area contributed by atoms with Gasteiger partial charge in [0.15, 0.2) is 0 Å². The van der Waals surface area contributed by atoms with Crippen LogP contribution in [0.2, 0.25) is 0 Å². The predicted octanol–water partition coefficient (Wildman–Crippen LogP) is 3.46. The normalized spacial score (nSPS) is 25.0. The topological polar surface area (TPSA) is 36.7 Å². The number of amides is 1. The van der Waals surface area contributed by atoms with E-state index in [1.807, 2.05) is 11.8 Å². The van der Waals surface area contributed by atoms with Crippen molar-refractivity contribution in [2.24, 2.45) is 5.92 Å². The van der Waals surface area contributed by atoms with Gasteiger partial charge in [-0.2, -0.15) is 0 Å². The molecule has 4 nitrogen and oxygen atoms in total. The number of furan rings is 1. The summed E-state index contributed by atoms with van der Waals surface area (Å²) in [6, 6.07) is 1.81. The Labute approximate surface area is 138 Å². The van der Waals surface area contributed by atoms with Gasteiger partial charge in [0.05, 0.1) is 11.8 Å². The Morgan fingerprint density at radius 2 is 2.00 bits per heavy atom. The van der Waals surface area contributed by atoms with Crippen molar-refractivity contribution in [3.8, 4) is 0 Å². The zero-order chi connectivity index (χ0) is 15.9. The van der Waals surface area contributed by atoms with Crippen LogP contribution in [0.5, 0.6) is 0 Å². The molecule has 0 atom stereocenters. The molecule has 2 saturated heterocycles. The van der Waals surface area contributed by atoms with Gasteiger partial charge in [0.1, 0.15) is 5.76 Å². The van der Waals surface area contributed by atoms with E-state index in [0.717, 1.165) is 43.2 Å². The van der Waals surface area contributed by atoms with Crippen molar-refractivity contribution in [1.29, 1.82) is 0 Å². The summed E-state index contributed by atoms with van der Waals surface area (Å²) in [6.07, 6.45) is 10.8. The highest BCUT2D eigenvalue weighted by Crippen LogP contribution is 2.41. The van der Waals surface area contributed by atoms with Gasteiger partial charge in [0.25, 0.3) is 5.91 Å². The summed E-state index contributed by atoms with van der Waals surface area (Å²) >= 11 is 0. The maximum atomic E-state index is 12.7. The molecule has 3 heterocycles. The van der Waals surface area contributed by atoms with Gasteiger partial charge in [0.2, 0.25) is 0 Å². The summed E-state index contributed by atoms with van der Waals surface area (Å²) in [4.78, 5) is 17.5. The van der Waals surface area contributed by atoms with Crippen molar-refractivity contribution in [2.45, 2.75) is 57.4 Å². The predicted molar refractivity (Wildman–Crippen MR) is 89.5 cm³/mol. The smallest absolute Gasteiger partial charge is 0.257 e. The Balaban J connectivity index is 1.39. The highest BCUT2D eigenvalue weighted by molar-refractivity contribution is 5.95. The number of nitrogens with zero attached hydrogens (tertiary/aromatic N) is 2. The van der Waals surface area contributed by atoms with Gasteiger partial charge in [-0.3, -0.25) is 9.69 Å². The minimum Gasteiger partial charge on any atom is -0.469 e. The fourth-order valence-electron chi connectivity index (χ4n) is 4.74. The summed E-state index contributed by atoms with van der Waals surface area (Å²) in [7, 11) is 0. The number of rotatable bonds is 3. The minimum atomic E-state index is 0.148. The molecule has 3 fully saturated rings. The highest BCUT2D eigenvalue weighted by Gasteiger charge is 2.44. The van der Waals surface area contributed by atoms with Crippen LogP contribution in [0.3, 0.4) is 0 Å². The molecule has 0 N–H and O–H groups in total. The Kier molecular flexibility index (Phi) is 3.96. The molecule has 1 spiro atoms. The monoisotopic (exact) mass is 316 g/mol. The third-order valence-electron chi connectivity index (χ3n) is 6.51. The number of hydrogen-bond donors (Lipinski definition) is 0. The first-order valence-corrected chi connectivity index (χ1v) is 9.26. The zero-order valence-corrected chi connectivity index (χ0v) is 14.2. The molecule has 2 aliphatic heterocycles. The number of hydrogen-bond acceptors (Lipinski definition) is 3. The molecule has 0 aromatic carbocycles. The highest BCUT2D eigenvalue weighted by atomic mass is 16.3. The Morgan fingerprint density at radius 3 is 2.61 bits per heavy atom. The molecule has 0 radical (unpaired) electrons. The summed E-state index contributed by atoms with van der Waals surface area (Å²) in [5.41, 5.74) is 1.12. The molecule has 0 unspecified atom stereocenters. The van der Waals surface area contributed by atoms with Crippen LogP contribution in [0, 0.1) is 12.8 Å². The molecular formula is C19H28N2O2. The third-order valence-corrected chi connectivity index (χ3v) is 6.51. The lowest BCUT2D eigenvalue weighted by Crippen LogP contribution is -2.54. The van der Waals surface area contributed by atoms with E-state index in [4.69, 9.17) is 4.42 Å². The van der Waals surface area contributed by atoms with Crippen LogP contribution in [0.15, 0.2) is 16.7 Å². The average molecular weight is 316 g/mol. The lowest BCUT2D eigenvalue weighted by Gasteiger charge is -2.47. The molecule has 1 aliphatic carbocycles. The molecule has 1 amide bonds. The standard InChI is InChI=1S/C19H28N2O2/c1-15-17(6-13-23-15)18(22)20-11-8-19(9-12-20)7-3-10-21(19)14-16-4-2-5-16/h6,13,16H,2-5,7-12,14H2,1H3. The molecule has 1 saturated carbocycles. The van der Waals surface area contributed by atoms with Gasteiger partial charge < -0.3 is 9.32 Å². The first-order valence-electron chi connectivity index (χ1n) is 9.26. The second-order valence-corrected chi connectivity index (χ2v) is 7.75. The fourth-order valence-corrected chi connectivity index (χ4v) is 4.74. The van der Waals surface area contributed by atoms with Crippen molar-refractivity contribution in [2.75, 3.05) is 26.2 Å².